The van der Waals surface area contributed by atoms with E-state index in [4.69, 9.17) is 16.6 Å². The number of anilines is 3. The maximum absolute atomic E-state index is 13.5. The SMILES string of the molecule is O=C(Nc1cncc(F)c1)N1c2nc(-c3cccc(Cl)c3)ccc2N2CC[C@H]1C2. The number of halogens is 2. The quantitative estimate of drug-likeness (QED) is 0.673. The number of pyridine rings is 2. The van der Waals surface area contributed by atoms with Crippen molar-refractivity contribution in [2.45, 2.75) is 12.5 Å². The molecule has 2 aliphatic rings. The smallest absolute Gasteiger partial charge is 0.327 e. The zero-order valence-electron chi connectivity index (χ0n) is 15.3. The summed E-state index contributed by atoms with van der Waals surface area (Å²) < 4.78 is 13.5. The highest BCUT2D eigenvalue weighted by atomic mass is 35.5. The number of nitrogens with one attached hydrogen (secondary N) is 1. The van der Waals surface area contributed by atoms with Crippen molar-refractivity contribution in [3.8, 4) is 11.3 Å². The lowest BCUT2D eigenvalue weighted by atomic mass is 10.1. The van der Waals surface area contributed by atoms with E-state index in [0.717, 1.165) is 42.7 Å². The first-order chi connectivity index (χ1) is 14.1. The van der Waals surface area contributed by atoms with Gasteiger partial charge in [0.2, 0.25) is 0 Å². The number of carbonyl (C=O) groups excluding carboxylic acids is 1. The molecular formula is C21H17ClFN5O. The van der Waals surface area contributed by atoms with Crippen LogP contribution < -0.4 is 15.1 Å². The lowest BCUT2D eigenvalue weighted by Crippen LogP contribution is -2.48. The normalized spacial score (nSPS) is 17.2. The molecule has 3 aromatic rings. The third-order valence-corrected chi connectivity index (χ3v) is 5.48. The van der Waals surface area contributed by atoms with Gasteiger partial charge in [0.05, 0.1) is 35.5 Å². The van der Waals surface area contributed by atoms with E-state index in [2.05, 4.69) is 15.2 Å². The third kappa shape index (κ3) is 3.27. The highest BCUT2D eigenvalue weighted by Crippen LogP contribution is 2.40. The predicted octanol–water partition coefficient (Wildman–Crippen LogP) is 4.57. The van der Waals surface area contributed by atoms with E-state index in [0.29, 0.717) is 16.5 Å². The first kappa shape index (κ1) is 17.9. The molecule has 0 saturated carbocycles. The Labute approximate surface area is 171 Å². The van der Waals surface area contributed by atoms with Crippen LogP contribution in [0.5, 0.6) is 0 Å². The van der Waals surface area contributed by atoms with Gasteiger partial charge in [0.15, 0.2) is 5.82 Å². The number of hydrogen-bond acceptors (Lipinski definition) is 4. The summed E-state index contributed by atoms with van der Waals surface area (Å²) in [5, 5.41) is 3.37. The van der Waals surface area contributed by atoms with Crippen molar-refractivity contribution in [3.05, 3.63) is 65.7 Å². The van der Waals surface area contributed by atoms with Crippen molar-refractivity contribution in [2.75, 3.05) is 28.2 Å². The minimum Gasteiger partial charge on any atom is -0.366 e. The molecule has 2 aromatic heterocycles. The number of aromatic nitrogens is 2. The van der Waals surface area contributed by atoms with E-state index in [9.17, 15) is 9.18 Å². The van der Waals surface area contributed by atoms with Gasteiger partial charge in [-0.1, -0.05) is 23.7 Å². The van der Waals surface area contributed by atoms with Crippen LogP contribution in [-0.2, 0) is 0 Å². The fourth-order valence-electron chi connectivity index (χ4n) is 3.94. The zero-order valence-corrected chi connectivity index (χ0v) is 16.1. The summed E-state index contributed by atoms with van der Waals surface area (Å²) in [5.41, 5.74) is 2.84. The van der Waals surface area contributed by atoms with Crippen LogP contribution in [0.15, 0.2) is 54.9 Å². The minimum atomic E-state index is -0.504. The molecule has 0 unspecified atom stereocenters. The van der Waals surface area contributed by atoms with Crippen molar-refractivity contribution in [1.82, 2.24) is 9.97 Å². The number of rotatable bonds is 2. The van der Waals surface area contributed by atoms with Crippen LogP contribution in [0.4, 0.5) is 26.4 Å². The summed E-state index contributed by atoms with van der Waals surface area (Å²) >= 11 is 6.13. The molecule has 0 radical (unpaired) electrons. The molecule has 8 heteroatoms. The van der Waals surface area contributed by atoms with Gasteiger partial charge in [0, 0.05) is 29.7 Å². The van der Waals surface area contributed by atoms with Gasteiger partial charge in [-0.15, -0.1) is 0 Å². The Morgan fingerprint density at radius 2 is 2.10 bits per heavy atom. The van der Waals surface area contributed by atoms with Crippen LogP contribution in [0.25, 0.3) is 11.3 Å². The molecule has 29 heavy (non-hydrogen) atoms. The Morgan fingerprint density at radius 1 is 1.21 bits per heavy atom. The fourth-order valence-corrected chi connectivity index (χ4v) is 4.13. The molecule has 1 aromatic carbocycles. The Hall–Kier alpha value is -3.19. The second-order valence-electron chi connectivity index (χ2n) is 7.13. The lowest BCUT2D eigenvalue weighted by Gasteiger charge is -2.35. The average molecular weight is 410 g/mol. The molecule has 1 atom stereocenters. The summed E-state index contributed by atoms with van der Waals surface area (Å²) in [5.74, 6) is 0.0911. The monoisotopic (exact) mass is 409 g/mol. The summed E-state index contributed by atoms with van der Waals surface area (Å²) in [6, 6.07) is 12.3. The van der Waals surface area contributed by atoms with E-state index in [1.807, 2.05) is 36.4 Å². The summed E-state index contributed by atoms with van der Waals surface area (Å²) in [6.45, 7) is 1.61. The van der Waals surface area contributed by atoms with Crippen LogP contribution >= 0.6 is 11.6 Å². The maximum atomic E-state index is 13.5. The Bertz CT molecular complexity index is 1110. The summed E-state index contributed by atoms with van der Waals surface area (Å²) in [6.07, 6.45) is 3.36. The molecule has 2 aliphatic heterocycles. The number of nitrogens with zero attached hydrogens (tertiary/aromatic N) is 4. The standard InChI is InChI=1S/C21H17ClFN5O/c22-14-3-1-2-13(8-14)18-4-5-19-20(26-18)28(17-6-7-27(19)12-17)21(29)25-16-9-15(23)10-24-11-16/h1-5,8-11,17H,6-7,12H2,(H,25,29)/t17-/m0/s1. The van der Waals surface area contributed by atoms with Crippen molar-refractivity contribution in [2.24, 2.45) is 0 Å². The predicted molar refractivity (Wildman–Crippen MR) is 111 cm³/mol. The molecule has 2 amide bonds. The highest BCUT2D eigenvalue weighted by Gasteiger charge is 2.40. The maximum Gasteiger partial charge on any atom is 0.327 e. The molecule has 4 heterocycles. The second-order valence-corrected chi connectivity index (χ2v) is 7.57. The molecular weight excluding hydrogens is 393 g/mol. The van der Waals surface area contributed by atoms with Crippen molar-refractivity contribution in [1.29, 1.82) is 0 Å². The first-order valence-corrected chi connectivity index (χ1v) is 9.69. The molecule has 146 valence electrons. The number of fused-ring (bicyclic) bond motifs is 4. The van der Waals surface area contributed by atoms with Gasteiger partial charge in [-0.3, -0.25) is 9.88 Å². The van der Waals surface area contributed by atoms with Gasteiger partial charge >= 0.3 is 6.03 Å². The topological polar surface area (TPSA) is 61.4 Å². The summed E-state index contributed by atoms with van der Waals surface area (Å²) in [4.78, 5) is 25.6. The molecule has 0 spiro atoms. The Kier molecular flexibility index (Phi) is 4.32. The number of hydrogen-bond donors (Lipinski definition) is 1. The third-order valence-electron chi connectivity index (χ3n) is 5.25. The van der Waals surface area contributed by atoms with Crippen molar-refractivity contribution in [3.63, 3.8) is 0 Å². The molecule has 1 saturated heterocycles. The number of carbonyl (C=O) groups is 1. The Morgan fingerprint density at radius 3 is 2.93 bits per heavy atom. The van der Waals surface area contributed by atoms with Crippen LogP contribution in [-0.4, -0.2) is 35.1 Å². The number of amides is 2. The molecule has 1 fully saturated rings. The van der Waals surface area contributed by atoms with Crippen LogP contribution in [0.3, 0.4) is 0 Å². The fraction of sp³-hybridized carbons (Fsp3) is 0.190. The van der Waals surface area contributed by atoms with Gasteiger partial charge in [-0.2, -0.15) is 0 Å². The van der Waals surface area contributed by atoms with Gasteiger partial charge in [-0.05, 0) is 30.7 Å². The minimum absolute atomic E-state index is 0.00568. The van der Waals surface area contributed by atoms with Gasteiger partial charge < -0.3 is 10.2 Å². The van der Waals surface area contributed by atoms with Crippen molar-refractivity contribution < 1.29 is 9.18 Å². The molecule has 2 bridgehead atoms. The molecule has 1 N–H and O–H groups in total. The lowest BCUT2D eigenvalue weighted by molar-refractivity contribution is 0.255. The Balaban J connectivity index is 1.53. The average Bonchev–Trinajstić information content (AvgIpc) is 3.12. The van der Waals surface area contributed by atoms with Crippen LogP contribution in [0.1, 0.15) is 6.42 Å². The summed E-state index contributed by atoms with van der Waals surface area (Å²) in [7, 11) is 0. The first-order valence-electron chi connectivity index (χ1n) is 9.31. The second kappa shape index (κ2) is 7.00. The van der Waals surface area contributed by atoms with E-state index in [1.165, 1.54) is 12.3 Å². The van der Waals surface area contributed by atoms with E-state index in [1.54, 1.807) is 4.90 Å². The number of urea groups is 1. The largest absolute Gasteiger partial charge is 0.366 e. The number of benzene rings is 1. The van der Waals surface area contributed by atoms with Crippen LogP contribution in [0.2, 0.25) is 5.02 Å². The van der Waals surface area contributed by atoms with Gasteiger partial charge in [-0.25, -0.2) is 14.2 Å². The molecule has 0 aliphatic carbocycles. The molecule has 5 rings (SSSR count). The van der Waals surface area contributed by atoms with Crippen molar-refractivity contribution >= 4 is 34.8 Å². The van der Waals surface area contributed by atoms with Gasteiger partial charge in [0.1, 0.15) is 5.82 Å². The van der Waals surface area contributed by atoms with E-state index in [-0.39, 0.29) is 12.1 Å². The van der Waals surface area contributed by atoms with Gasteiger partial charge in [0.25, 0.3) is 0 Å². The molecule has 6 nitrogen and oxygen atoms in total. The zero-order chi connectivity index (χ0) is 20.0. The highest BCUT2D eigenvalue weighted by molar-refractivity contribution is 6.30. The van der Waals surface area contributed by atoms with Crippen LogP contribution in [0, 0.1) is 5.82 Å². The van der Waals surface area contributed by atoms with E-state index >= 15 is 0 Å². The van der Waals surface area contributed by atoms with E-state index < -0.39 is 5.82 Å².